The van der Waals surface area contributed by atoms with Crippen LogP contribution >= 0.6 is 0 Å². The van der Waals surface area contributed by atoms with Crippen molar-refractivity contribution < 1.29 is 49.5 Å². The molecule has 1 heterocycles. The molecule has 9 rings (SSSR count). The Kier molecular flexibility index (Phi) is 8.44. The molecule has 2 atom stereocenters. The van der Waals surface area contributed by atoms with E-state index in [1.54, 1.807) is 68.5 Å². The van der Waals surface area contributed by atoms with Crippen molar-refractivity contribution in [1.29, 1.82) is 0 Å². The van der Waals surface area contributed by atoms with Gasteiger partial charge in [-0.3, -0.25) is 0 Å². The zero-order valence-electron chi connectivity index (χ0n) is 28.0. The van der Waals surface area contributed by atoms with Crippen molar-refractivity contribution in [2.45, 2.75) is 43.4 Å². The average molecular weight is 756 g/mol. The third kappa shape index (κ3) is 4.56. The fourth-order valence-electron chi connectivity index (χ4n) is 9.31. The second-order valence-electron chi connectivity index (χ2n) is 14.4. The standard InChI is InChI=1S/C44H37Si.2ClH.Zr/c1-26(2)37-25-38-34(33-19-10-15-28-13-6-8-17-31(28)33)20-12-22-36(38)41(37)39-24-30-23-27(3)43-40(30)42(44(39)45(43,4)5)35-21-11-16-29-14-7-9-18-32(29)35;;;/h6-26,41H,1-5H3;2*1H;/q;;;+2/p-2. The third-order valence-electron chi connectivity index (χ3n) is 11.2. The van der Waals surface area contributed by atoms with Gasteiger partial charge in [-0.25, -0.2) is 0 Å². The Morgan fingerprint density at radius 1 is 0.625 bits per heavy atom. The van der Waals surface area contributed by atoms with Crippen LogP contribution in [-0.4, -0.2) is 8.07 Å². The van der Waals surface area contributed by atoms with E-state index in [4.69, 9.17) is 0 Å². The van der Waals surface area contributed by atoms with Crippen LogP contribution in [0.15, 0.2) is 120 Å². The first kappa shape index (κ1) is 33.5. The molecule has 235 valence electrons. The molecular weight excluding hydrogens is 719 g/mol. The maximum absolute atomic E-state index is 2.69. The van der Waals surface area contributed by atoms with Crippen molar-refractivity contribution in [3.63, 3.8) is 0 Å². The molecule has 0 spiro atoms. The molecule has 6 aromatic rings. The fraction of sp³-hybridized carbons (Fsp3) is 0.182. The molecule has 6 aromatic carbocycles. The van der Waals surface area contributed by atoms with Crippen LogP contribution in [0.25, 0.3) is 55.1 Å². The van der Waals surface area contributed by atoms with Crippen LogP contribution in [0.4, 0.5) is 0 Å². The van der Waals surface area contributed by atoms with Crippen LogP contribution in [0, 0.1) is 5.92 Å². The molecule has 48 heavy (non-hydrogen) atoms. The molecule has 2 bridgehead atoms. The monoisotopic (exact) mass is 753 g/mol. The molecule has 0 N–H and O–H groups in total. The first-order chi connectivity index (χ1) is 22.3. The van der Waals surface area contributed by atoms with E-state index in [1.807, 2.05) is 0 Å². The predicted molar refractivity (Wildman–Crippen MR) is 196 cm³/mol. The maximum atomic E-state index is 2.69. The summed E-state index contributed by atoms with van der Waals surface area (Å²) in [5, 5.41) is 8.75. The largest absolute Gasteiger partial charge is 1.00 e. The van der Waals surface area contributed by atoms with E-state index < -0.39 is 8.07 Å². The minimum atomic E-state index is -2.01. The summed E-state index contributed by atoms with van der Waals surface area (Å²) in [6, 6.07) is 41.4. The van der Waals surface area contributed by atoms with Gasteiger partial charge in [0.25, 0.3) is 0 Å². The Labute approximate surface area is 313 Å². The summed E-state index contributed by atoms with van der Waals surface area (Å²) in [5.41, 5.74) is 16.6. The molecule has 0 saturated heterocycles. The molecule has 0 nitrogen and oxygen atoms in total. The van der Waals surface area contributed by atoms with Crippen LogP contribution in [0.3, 0.4) is 0 Å². The van der Waals surface area contributed by atoms with Crippen LogP contribution in [0.2, 0.25) is 13.1 Å². The van der Waals surface area contributed by atoms with E-state index in [0.717, 1.165) is 0 Å². The quantitative estimate of drug-likeness (QED) is 0.213. The van der Waals surface area contributed by atoms with Crippen LogP contribution in [0.5, 0.6) is 0 Å². The van der Waals surface area contributed by atoms with Crippen LogP contribution in [-0.2, 0) is 24.7 Å². The topological polar surface area (TPSA) is 0 Å². The van der Waals surface area contributed by atoms with Gasteiger partial charge >= 0.3 is 284 Å². The Bertz CT molecular complexity index is 2350. The first-order valence-electron chi connectivity index (χ1n) is 16.7. The SMILES string of the molecule is CC1=C2c3c(cc(C4C(C(C)C)=Cc5c(-c6cccc7ccccc67)cccc54)c(c3-c3cccc4ccccc34)[Si]2(C)C)[CH]1[Zr+2].[Cl-].[Cl-]. The summed E-state index contributed by atoms with van der Waals surface area (Å²) in [4.78, 5) is 0. The Balaban J connectivity index is 0.00000182. The minimum absolute atomic E-state index is 0. The van der Waals surface area contributed by atoms with Crippen molar-refractivity contribution in [2.75, 3.05) is 0 Å². The zero-order chi connectivity index (χ0) is 31.5. The Morgan fingerprint density at radius 2 is 1.19 bits per heavy atom. The van der Waals surface area contributed by atoms with Gasteiger partial charge in [-0.2, -0.15) is 0 Å². The van der Waals surface area contributed by atoms with E-state index in [2.05, 4.69) is 149 Å². The summed E-state index contributed by atoms with van der Waals surface area (Å²) in [6.07, 6.45) is 2.58. The normalized spacial score (nSPS) is 18.3. The number of halogens is 2. The molecule has 0 fully saturated rings. The molecule has 0 radical (unpaired) electrons. The molecule has 0 saturated carbocycles. The second kappa shape index (κ2) is 12.1. The Hall–Kier alpha value is -3.00. The van der Waals surface area contributed by atoms with E-state index in [1.165, 1.54) is 49.4 Å². The second-order valence-corrected chi connectivity index (χ2v) is 20.1. The van der Waals surface area contributed by atoms with Gasteiger partial charge in [-0.05, 0) is 0 Å². The molecule has 0 amide bonds. The van der Waals surface area contributed by atoms with Gasteiger partial charge < -0.3 is 24.8 Å². The van der Waals surface area contributed by atoms with Crippen LogP contribution < -0.4 is 30.0 Å². The van der Waals surface area contributed by atoms with E-state index in [9.17, 15) is 0 Å². The third-order valence-corrected chi connectivity index (χ3v) is 16.8. The van der Waals surface area contributed by atoms with Gasteiger partial charge in [0.15, 0.2) is 0 Å². The maximum Gasteiger partial charge on any atom is -1.00 e. The molecule has 3 aliphatic rings. The fourth-order valence-corrected chi connectivity index (χ4v) is 14.7. The summed E-state index contributed by atoms with van der Waals surface area (Å²) < 4.78 is 0.542. The molecule has 2 aliphatic carbocycles. The summed E-state index contributed by atoms with van der Waals surface area (Å²) in [7, 11) is -2.01. The van der Waals surface area contributed by atoms with Gasteiger partial charge in [-0.1, -0.05) is 6.07 Å². The van der Waals surface area contributed by atoms with E-state index in [-0.39, 0.29) is 30.7 Å². The average Bonchev–Trinajstić information content (AvgIpc) is 3.64. The smallest absolute Gasteiger partial charge is 1.00 e. The van der Waals surface area contributed by atoms with Gasteiger partial charge in [0.2, 0.25) is 0 Å². The molecule has 0 aromatic heterocycles. The predicted octanol–water partition coefficient (Wildman–Crippen LogP) is 5.36. The summed E-state index contributed by atoms with van der Waals surface area (Å²) in [5.74, 6) is 0.720. The van der Waals surface area contributed by atoms with Crippen LogP contribution in [0.1, 0.15) is 58.1 Å². The molecular formula is C44H37Cl2SiZr. The van der Waals surface area contributed by atoms with E-state index in [0.29, 0.717) is 9.54 Å². The number of benzene rings is 6. The molecule has 2 unspecified atom stereocenters. The summed E-state index contributed by atoms with van der Waals surface area (Å²) in [6.45, 7) is 12.5. The number of rotatable bonds is 4. The van der Waals surface area contributed by atoms with Crippen molar-refractivity contribution in [2.24, 2.45) is 5.92 Å². The zero-order valence-corrected chi connectivity index (χ0v) is 32.9. The number of hydrogen-bond donors (Lipinski definition) is 0. The van der Waals surface area contributed by atoms with E-state index >= 15 is 0 Å². The number of fused-ring (bicyclic) bond motifs is 4. The Morgan fingerprint density at radius 3 is 1.85 bits per heavy atom. The minimum Gasteiger partial charge on any atom is -1.00 e. The first-order valence-corrected chi connectivity index (χ1v) is 21.1. The van der Waals surface area contributed by atoms with Crippen molar-refractivity contribution in [1.82, 2.24) is 0 Å². The van der Waals surface area contributed by atoms with Gasteiger partial charge in [0.05, 0.1) is 0 Å². The van der Waals surface area contributed by atoms with Gasteiger partial charge in [0.1, 0.15) is 0 Å². The summed E-state index contributed by atoms with van der Waals surface area (Å²) >= 11 is 1.61. The van der Waals surface area contributed by atoms with Crippen molar-refractivity contribution in [3.8, 4) is 22.3 Å². The van der Waals surface area contributed by atoms with Gasteiger partial charge in [0, 0.05) is 0 Å². The van der Waals surface area contributed by atoms with Crippen molar-refractivity contribution >= 4 is 46.1 Å². The number of hydrogen-bond acceptors (Lipinski definition) is 0. The van der Waals surface area contributed by atoms with Gasteiger partial charge in [-0.15, -0.1) is 0 Å². The van der Waals surface area contributed by atoms with Crippen molar-refractivity contribution in [3.05, 3.63) is 148 Å². The molecule has 4 heteroatoms. The number of allylic oxidation sites excluding steroid dienone is 2. The molecule has 1 aliphatic heterocycles.